The Morgan fingerprint density at radius 2 is 1.95 bits per heavy atom. The molecule has 1 heterocycles. The Bertz CT molecular complexity index is 682. The molecule has 3 rings (SSSR count). The first kappa shape index (κ1) is 15.4. The maximum absolute atomic E-state index is 6.43. The number of nitrogens with zero attached hydrogens (tertiary/aromatic N) is 1. The van der Waals surface area contributed by atoms with E-state index in [4.69, 9.17) is 28.2 Å². The molecule has 1 aliphatic carbocycles. The maximum atomic E-state index is 6.43. The lowest BCUT2D eigenvalue weighted by Gasteiger charge is -2.16. The number of aromatic nitrogens is 1. The first-order chi connectivity index (χ1) is 10.1. The van der Waals surface area contributed by atoms with Crippen molar-refractivity contribution < 1.29 is 0 Å². The fraction of sp³-hybridized carbons (Fsp3) is 0.438. The quantitative estimate of drug-likeness (QED) is 0.616. The highest BCUT2D eigenvalue weighted by atomic mass is 79.9. The monoisotopic (exact) mass is 386 g/mol. The number of pyridine rings is 1. The van der Waals surface area contributed by atoms with Gasteiger partial charge < -0.3 is 5.32 Å². The van der Waals surface area contributed by atoms with E-state index < -0.39 is 0 Å². The van der Waals surface area contributed by atoms with E-state index in [-0.39, 0.29) is 0 Å². The number of halogens is 3. The molecular formula is C16H17BrCl2N2. The van der Waals surface area contributed by atoms with Crippen LogP contribution in [0.25, 0.3) is 10.9 Å². The molecule has 5 heteroatoms. The first-order valence-electron chi connectivity index (χ1n) is 7.33. The lowest BCUT2D eigenvalue weighted by molar-refractivity contribution is 0.701. The van der Waals surface area contributed by atoms with Crippen molar-refractivity contribution in [1.82, 2.24) is 4.98 Å². The van der Waals surface area contributed by atoms with Crippen molar-refractivity contribution in [3.63, 3.8) is 0 Å². The summed E-state index contributed by atoms with van der Waals surface area (Å²) in [6.07, 6.45) is 5.00. The number of benzene rings is 1. The van der Waals surface area contributed by atoms with Crippen molar-refractivity contribution in [3.05, 3.63) is 32.3 Å². The Hall–Kier alpha value is -0.510. The van der Waals surface area contributed by atoms with Gasteiger partial charge in [-0.15, -0.1) is 0 Å². The summed E-state index contributed by atoms with van der Waals surface area (Å²) < 4.78 is 0.802. The Balaban J connectivity index is 2.23. The van der Waals surface area contributed by atoms with Crippen LogP contribution in [-0.2, 0) is 0 Å². The van der Waals surface area contributed by atoms with Gasteiger partial charge in [0, 0.05) is 33.7 Å². The van der Waals surface area contributed by atoms with Gasteiger partial charge in [-0.1, -0.05) is 36.0 Å². The number of fused-ring (bicyclic) bond motifs is 1. The fourth-order valence-corrected chi connectivity index (χ4v) is 3.99. The Kier molecular flexibility index (Phi) is 4.63. The fourth-order valence-electron chi connectivity index (χ4n) is 3.05. The second-order valence-corrected chi connectivity index (χ2v) is 7.10. The van der Waals surface area contributed by atoms with Crippen LogP contribution in [-0.4, -0.2) is 11.5 Å². The summed E-state index contributed by atoms with van der Waals surface area (Å²) in [6.45, 7) is 2.95. The van der Waals surface area contributed by atoms with E-state index in [9.17, 15) is 0 Å². The first-order valence-corrected chi connectivity index (χ1v) is 8.88. The average Bonchev–Trinajstić information content (AvgIpc) is 3.00. The highest BCUT2D eigenvalue weighted by molar-refractivity contribution is 9.10. The molecule has 2 aromatic rings. The zero-order chi connectivity index (χ0) is 15.0. The molecule has 0 spiro atoms. The van der Waals surface area contributed by atoms with E-state index in [0.717, 1.165) is 33.3 Å². The van der Waals surface area contributed by atoms with Crippen LogP contribution in [0.5, 0.6) is 0 Å². The Morgan fingerprint density at radius 1 is 1.24 bits per heavy atom. The summed E-state index contributed by atoms with van der Waals surface area (Å²) in [5.74, 6) is 0.547. The highest BCUT2D eigenvalue weighted by Crippen LogP contribution is 2.41. The Labute approximate surface area is 143 Å². The molecule has 1 aromatic carbocycles. The summed E-state index contributed by atoms with van der Waals surface area (Å²) >= 11 is 16.2. The molecule has 0 aliphatic heterocycles. The molecule has 1 aliphatic rings. The second kappa shape index (κ2) is 6.31. The number of rotatable bonds is 3. The van der Waals surface area contributed by atoms with Crippen LogP contribution in [0.15, 0.2) is 16.6 Å². The molecule has 1 aromatic heterocycles. The molecule has 21 heavy (non-hydrogen) atoms. The molecule has 0 bridgehead atoms. The number of anilines is 1. The third-order valence-corrected chi connectivity index (χ3v) is 5.81. The average molecular weight is 388 g/mol. The van der Waals surface area contributed by atoms with Crippen LogP contribution in [0.4, 0.5) is 5.69 Å². The summed E-state index contributed by atoms with van der Waals surface area (Å²) in [6, 6.07) is 4.17. The maximum Gasteiger partial charge on any atom is 0.0928 e. The van der Waals surface area contributed by atoms with Crippen LogP contribution in [0.3, 0.4) is 0 Å². The van der Waals surface area contributed by atoms with Gasteiger partial charge in [0.1, 0.15) is 0 Å². The lowest BCUT2D eigenvalue weighted by atomic mass is 10.0. The summed E-state index contributed by atoms with van der Waals surface area (Å²) in [5, 5.41) is 5.50. The van der Waals surface area contributed by atoms with Crippen LogP contribution < -0.4 is 5.32 Å². The molecule has 0 amide bonds. The van der Waals surface area contributed by atoms with Gasteiger partial charge in [0.25, 0.3) is 0 Å². The minimum absolute atomic E-state index is 0.528. The van der Waals surface area contributed by atoms with Crippen molar-refractivity contribution in [3.8, 4) is 0 Å². The van der Waals surface area contributed by atoms with Crippen molar-refractivity contribution in [2.24, 2.45) is 0 Å². The summed E-state index contributed by atoms with van der Waals surface area (Å²) in [7, 11) is 0. The molecule has 1 fully saturated rings. The molecule has 0 unspecified atom stereocenters. The predicted molar refractivity (Wildman–Crippen MR) is 94.8 cm³/mol. The number of nitrogens with one attached hydrogen (secondary N) is 1. The van der Waals surface area contributed by atoms with Gasteiger partial charge in [-0.05, 0) is 47.8 Å². The van der Waals surface area contributed by atoms with E-state index >= 15 is 0 Å². The molecule has 1 saturated carbocycles. The van der Waals surface area contributed by atoms with Crippen molar-refractivity contribution >= 4 is 55.7 Å². The molecule has 0 atom stereocenters. The summed E-state index contributed by atoms with van der Waals surface area (Å²) in [5.41, 5.74) is 3.02. The SMILES string of the molecule is CCNc1cc(C2CCCC2)nc2c(Cl)c(Cl)c(Br)cc12. The van der Waals surface area contributed by atoms with Crippen molar-refractivity contribution in [2.45, 2.75) is 38.5 Å². The second-order valence-electron chi connectivity index (χ2n) is 5.49. The predicted octanol–water partition coefficient (Wildman–Crippen LogP) is 6.39. The summed E-state index contributed by atoms with van der Waals surface area (Å²) in [4.78, 5) is 4.82. The molecule has 2 nitrogen and oxygen atoms in total. The minimum Gasteiger partial charge on any atom is -0.385 e. The van der Waals surface area contributed by atoms with E-state index in [0.29, 0.717) is 16.0 Å². The molecule has 0 saturated heterocycles. The number of hydrogen-bond donors (Lipinski definition) is 1. The normalized spacial score (nSPS) is 15.8. The molecular weight excluding hydrogens is 371 g/mol. The third kappa shape index (κ3) is 2.88. The minimum atomic E-state index is 0.528. The third-order valence-electron chi connectivity index (χ3n) is 4.10. The Morgan fingerprint density at radius 3 is 2.62 bits per heavy atom. The van der Waals surface area contributed by atoms with Gasteiger partial charge >= 0.3 is 0 Å². The largest absolute Gasteiger partial charge is 0.385 e. The van der Waals surface area contributed by atoms with Gasteiger partial charge in [-0.25, -0.2) is 0 Å². The van der Waals surface area contributed by atoms with E-state index in [1.165, 1.54) is 25.7 Å². The van der Waals surface area contributed by atoms with Gasteiger partial charge in [0.15, 0.2) is 0 Å². The topological polar surface area (TPSA) is 24.9 Å². The molecule has 112 valence electrons. The van der Waals surface area contributed by atoms with Gasteiger partial charge in [0.2, 0.25) is 0 Å². The van der Waals surface area contributed by atoms with Gasteiger partial charge in [-0.2, -0.15) is 0 Å². The molecule has 1 N–H and O–H groups in total. The zero-order valence-corrected chi connectivity index (χ0v) is 14.9. The van der Waals surface area contributed by atoms with Crippen LogP contribution in [0.2, 0.25) is 10.0 Å². The van der Waals surface area contributed by atoms with Crippen LogP contribution in [0.1, 0.15) is 44.2 Å². The smallest absolute Gasteiger partial charge is 0.0928 e. The zero-order valence-electron chi connectivity index (χ0n) is 11.8. The van der Waals surface area contributed by atoms with Crippen molar-refractivity contribution in [2.75, 3.05) is 11.9 Å². The lowest BCUT2D eigenvalue weighted by Crippen LogP contribution is -2.03. The van der Waals surface area contributed by atoms with Crippen molar-refractivity contribution in [1.29, 1.82) is 0 Å². The highest BCUT2D eigenvalue weighted by Gasteiger charge is 2.21. The van der Waals surface area contributed by atoms with E-state index in [1.807, 2.05) is 6.07 Å². The number of hydrogen-bond acceptors (Lipinski definition) is 2. The standard InChI is InChI=1S/C16H17BrCl2N2/c1-2-20-13-8-12(9-5-3-4-6-9)21-16-10(13)7-11(17)14(18)15(16)19/h7-9H,2-6H2,1H3,(H,20,21). The van der Waals surface area contributed by atoms with E-state index in [1.54, 1.807) is 0 Å². The van der Waals surface area contributed by atoms with Crippen LogP contribution >= 0.6 is 39.1 Å². The molecule has 0 radical (unpaired) electrons. The van der Waals surface area contributed by atoms with Gasteiger partial charge in [-0.3, -0.25) is 4.98 Å². The van der Waals surface area contributed by atoms with Gasteiger partial charge in [0.05, 0.1) is 15.6 Å². The van der Waals surface area contributed by atoms with Crippen LogP contribution in [0, 0.1) is 0 Å². The van der Waals surface area contributed by atoms with E-state index in [2.05, 4.69) is 34.2 Å².